The van der Waals surface area contributed by atoms with Crippen molar-refractivity contribution >= 4 is 0 Å². The van der Waals surface area contributed by atoms with Crippen LogP contribution < -0.4 is 0 Å². The van der Waals surface area contributed by atoms with E-state index in [2.05, 4.69) is 25.7 Å². The van der Waals surface area contributed by atoms with E-state index in [9.17, 15) is 0 Å². The van der Waals surface area contributed by atoms with Crippen LogP contribution in [-0.2, 0) is 0 Å². The molecule has 206 valence electrons. The second-order valence-electron chi connectivity index (χ2n) is 11.3. The average molecular weight is 480 g/mol. The van der Waals surface area contributed by atoms with Crippen LogP contribution in [0.15, 0.2) is 0 Å². The standard InChI is InChI=1S/C33H69N/c1-4-7-10-12-14-16-18-20-22-24-26-29-32-34(31-28-9-6-3)33-30-27-25-23-21-19-17-15-13-11-8-5-2/h4-33H2,1-3H3. The highest BCUT2D eigenvalue weighted by atomic mass is 15.1. The second-order valence-corrected chi connectivity index (χ2v) is 11.3. The molecular weight excluding hydrogens is 410 g/mol. The maximum atomic E-state index is 2.81. The SMILES string of the molecule is CCCCCCCCCCCCCCN(CCCCC)CCCCCCCCCCCCCC. The van der Waals surface area contributed by atoms with E-state index >= 15 is 0 Å². The molecule has 0 rings (SSSR count). The van der Waals surface area contributed by atoms with E-state index in [1.54, 1.807) is 0 Å². The summed E-state index contributed by atoms with van der Waals surface area (Å²) >= 11 is 0. The summed E-state index contributed by atoms with van der Waals surface area (Å²) in [6, 6.07) is 0. The van der Waals surface area contributed by atoms with Gasteiger partial charge in [-0.05, 0) is 38.9 Å². The highest BCUT2D eigenvalue weighted by Crippen LogP contribution is 2.14. The molecule has 0 aromatic rings. The zero-order chi connectivity index (χ0) is 24.8. The van der Waals surface area contributed by atoms with Crippen molar-refractivity contribution in [2.45, 2.75) is 194 Å². The predicted molar refractivity (Wildman–Crippen MR) is 158 cm³/mol. The summed E-state index contributed by atoms with van der Waals surface area (Å²) < 4.78 is 0. The van der Waals surface area contributed by atoms with Gasteiger partial charge in [0.15, 0.2) is 0 Å². The Kier molecular flexibility index (Phi) is 31.0. The van der Waals surface area contributed by atoms with Crippen molar-refractivity contribution in [2.75, 3.05) is 19.6 Å². The normalized spacial score (nSPS) is 11.6. The fourth-order valence-corrected chi connectivity index (χ4v) is 5.27. The summed E-state index contributed by atoms with van der Waals surface area (Å²) in [5.41, 5.74) is 0. The molecule has 0 amide bonds. The fourth-order valence-electron chi connectivity index (χ4n) is 5.27. The van der Waals surface area contributed by atoms with Gasteiger partial charge >= 0.3 is 0 Å². The van der Waals surface area contributed by atoms with Crippen molar-refractivity contribution in [3.05, 3.63) is 0 Å². The number of hydrogen-bond acceptors (Lipinski definition) is 1. The summed E-state index contributed by atoms with van der Waals surface area (Å²) in [4.78, 5) is 2.81. The van der Waals surface area contributed by atoms with Crippen molar-refractivity contribution in [3.63, 3.8) is 0 Å². The fraction of sp³-hybridized carbons (Fsp3) is 1.00. The molecule has 0 saturated carbocycles. The third-order valence-electron chi connectivity index (χ3n) is 7.73. The van der Waals surface area contributed by atoms with Gasteiger partial charge in [-0.3, -0.25) is 0 Å². The van der Waals surface area contributed by atoms with Gasteiger partial charge in [0.25, 0.3) is 0 Å². The largest absolute Gasteiger partial charge is 0.303 e. The molecule has 0 unspecified atom stereocenters. The van der Waals surface area contributed by atoms with Crippen molar-refractivity contribution in [2.24, 2.45) is 0 Å². The summed E-state index contributed by atoms with van der Waals surface area (Å²) in [5.74, 6) is 0. The second kappa shape index (κ2) is 31.0. The first-order valence-corrected chi connectivity index (χ1v) is 16.6. The van der Waals surface area contributed by atoms with Crippen LogP contribution in [0.4, 0.5) is 0 Å². The molecule has 0 saturated heterocycles. The van der Waals surface area contributed by atoms with Crippen molar-refractivity contribution in [1.29, 1.82) is 0 Å². The zero-order valence-electron chi connectivity index (χ0n) is 24.7. The van der Waals surface area contributed by atoms with Crippen LogP contribution in [0, 0.1) is 0 Å². The molecule has 0 aliphatic rings. The third-order valence-corrected chi connectivity index (χ3v) is 7.73. The molecule has 0 aromatic carbocycles. The maximum Gasteiger partial charge on any atom is -0.00187 e. The molecule has 1 nitrogen and oxygen atoms in total. The monoisotopic (exact) mass is 480 g/mol. The minimum absolute atomic E-state index is 1.35. The molecule has 0 radical (unpaired) electrons. The lowest BCUT2D eigenvalue weighted by atomic mass is 10.0. The molecule has 0 aliphatic heterocycles. The van der Waals surface area contributed by atoms with Crippen molar-refractivity contribution in [3.8, 4) is 0 Å². The van der Waals surface area contributed by atoms with E-state index in [4.69, 9.17) is 0 Å². The molecule has 0 aromatic heterocycles. The van der Waals surface area contributed by atoms with Gasteiger partial charge in [-0.2, -0.15) is 0 Å². The zero-order valence-corrected chi connectivity index (χ0v) is 24.7. The van der Waals surface area contributed by atoms with Gasteiger partial charge in [0.05, 0.1) is 0 Å². The minimum Gasteiger partial charge on any atom is -0.303 e. The molecule has 1 heteroatoms. The molecule has 34 heavy (non-hydrogen) atoms. The van der Waals surface area contributed by atoms with Crippen LogP contribution >= 0.6 is 0 Å². The molecule has 0 heterocycles. The highest BCUT2D eigenvalue weighted by Gasteiger charge is 2.05. The molecule has 0 spiro atoms. The number of rotatable bonds is 30. The molecule has 0 aliphatic carbocycles. The quantitative estimate of drug-likeness (QED) is 0.0925. The van der Waals surface area contributed by atoms with E-state index in [1.165, 1.54) is 193 Å². The molecule has 0 fully saturated rings. The van der Waals surface area contributed by atoms with Crippen LogP contribution in [0.3, 0.4) is 0 Å². The van der Waals surface area contributed by atoms with E-state index in [-0.39, 0.29) is 0 Å². The number of nitrogens with zero attached hydrogens (tertiary/aromatic N) is 1. The van der Waals surface area contributed by atoms with Crippen LogP contribution in [0.25, 0.3) is 0 Å². The lowest BCUT2D eigenvalue weighted by molar-refractivity contribution is 0.255. The van der Waals surface area contributed by atoms with Gasteiger partial charge in [-0.1, -0.05) is 175 Å². The Hall–Kier alpha value is -0.0400. The van der Waals surface area contributed by atoms with Gasteiger partial charge in [0.1, 0.15) is 0 Å². The lowest BCUT2D eigenvalue weighted by Gasteiger charge is -2.22. The highest BCUT2D eigenvalue weighted by molar-refractivity contribution is 4.60. The van der Waals surface area contributed by atoms with Gasteiger partial charge in [-0.15, -0.1) is 0 Å². The molecule has 0 bridgehead atoms. The van der Waals surface area contributed by atoms with Gasteiger partial charge in [0.2, 0.25) is 0 Å². The van der Waals surface area contributed by atoms with E-state index in [1.807, 2.05) is 0 Å². The van der Waals surface area contributed by atoms with Gasteiger partial charge in [0, 0.05) is 0 Å². The molecule has 0 atom stereocenters. The van der Waals surface area contributed by atoms with Crippen LogP contribution in [0.5, 0.6) is 0 Å². The first-order valence-electron chi connectivity index (χ1n) is 16.6. The summed E-state index contributed by atoms with van der Waals surface area (Å²) in [6.45, 7) is 11.0. The number of unbranched alkanes of at least 4 members (excludes halogenated alkanes) is 24. The predicted octanol–water partition coefficient (Wildman–Crippen LogP) is 11.9. The maximum absolute atomic E-state index is 2.81. The third kappa shape index (κ3) is 28.2. The number of hydrogen-bond donors (Lipinski definition) is 0. The lowest BCUT2D eigenvalue weighted by Crippen LogP contribution is -2.27. The van der Waals surface area contributed by atoms with E-state index in [0.717, 1.165) is 0 Å². The van der Waals surface area contributed by atoms with E-state index < -0.39 is 0 Å². The first kappa shape index (κ1) is 34.0. The summed E-state index contributed by atoms with van der Waals surface area (Å²) in [6.07, 6.45) is 39.2. The molecule has 0 N–H and O–H groups in total. The van der Waals surface area contributed by atoms with Crippen LogP contribution in [-0.4, -0.2) is 24.5 Å². The first-order chi connectivity index (χ1) is 16.8. The Morgan fingerprint density at radius 2 is 0.412 bits per heavy atom. The van der Waals surface area contributed by atoms with Crippen LogP contribution in [0.1, 0.15) is 194 Å². The topological polar surface area (TPSA) is 3.24 Å². The van der Waals surface area contributed by atoms with E-state index in [0.29, 0.717) is 0 Å². The van der Waals surface area contributed by atoms with Gasteiger partial charge in [-0.25, -0.2) is 0 Å². The Morgan fingerprint density at radius 3 is 0.676 bits per heavy atom. The Bertz CT molecular complexity index is 311. The Labute approximate surface area is 218 Å². The average Bonchev–Trinajstić information content (AvgIpc) is 2.85. The van der Waals surface area contributed by atoms with Crippen molar-refractivity contribution < 1.29 is 0 Å². The minimum atomic E-state index is 1.35. The van der Waals surface area contributed by atoms with Crippen LogP contribution in [0.2, 0.25) is 0 Å². The smallest absolute Gasteiger partial charge is 0.00187 e. The molecular formula is C33H69N. The Morgan fingerprint density at radius 1 is 0.235 bits per heavy atom. The Balaban J connectivity index is 3.58. The van der Waals surface area contributed by atoms with Gasteiger partial charge < -0.3 is 4.90 Å². The summed E-state index contributed by atoms with van der Waals surface area (Å²) in [7, 11) is 0. The summed E-state index contributed by atoms with van der Waals surface area (Å²) in [5, 5.41) is 0. The van der Waals surface area contributed by atoms with Crippen molar-refractivity contribution in [1.82, 2.24) is 4.90 Å².